The van der Waals surface area contributed by atoms with Gasteiger partial charge in [0.05, 0.1) is 6.54 Å². The molecule has 0 radical (unpaired) electrons. The zero-order valence-corrected chi connectivity index (χ0v) is 9.75. The molecule has 0 unspecified atom stereocenters. The lowest BCUT2D eigenvalue weighted by Gasteiger charge is -1.88. The van der Waals surface area contributed by atoms with Crippen LogP contribution in [0.5, 0.6) is 0 Å². The molecule has 0 amide bonds. The highest BCUT2D eigenvalue weighted by molar-refractivity contribution is 5.77. The summed E-state index contributed by atoms with van der Waals surface area (Å²) in [6.45, 7) is 7.31. The summed E-state index contributed by atoms with van der Waals surface area (Å²) in [5, 5.41) is 0. The second-order valence-electron chi connectivity index (χ2n) is 2.52. The lowest BCUT2D eigenvalue weighted by atomic mass is 10.3. The number of halogens is 1. The highest BCUT2D eigenvalue weighted by Crippen LogP contribution is 1.97. The molecule has 1 aromatic rings. The molecular weight excluding hydrogens is 195 g/mol. The van der Waals surface area contributed by atoms with E-state index in [1.165, 1.54) is 13.1 Å². The van der Waals surface area contributed by atoms with Gasteiger partial charge in [-0.15, -0.1) is 0 Å². The van der Waals surface area contributed by atoms with E-state index in [4.69, 9.17) is 5.73 Å². The van der Waals surface area contributed by atoms with E-state index in [1.54, 1.807) is 19.1 Å². The third-order valence-electron chi connectivity index (χ3n) is 1.23. The van der Waals surface area contributed by atoms with Gasteiger partial charge < -0.3 is 5.73 Å². The molecule has 2 N–H and O–H groups in total. The summed E-state index contributed by atoms with van der Waals surface area (Å²) in [5.41, 5.74) is 5.41. The van der Waals surface area contributed by atoms with Crippen LogP contribution in [0.15, 0.2) is 18.3 Å². The summed E-state index contributed by atoms with van der Waals surface area (Å²) >= 11 is 0. The molecule has 0 atom stereocenters. The van der Waals surface area contributed by atoms with Gasteiger partial charge in [0, 0.05) is 11.8 Å². The summed E-state index contributed by atoms with van der Waals surface area (Å²) in [6, 6.07) is 3.39. The number of hydrogen-bond donors (Lipinski definition) is 1. The number of aryl methyl sites for hydroxylation is 1. The van der Waals surface area contributed by atoms with E-state index < -0.39 is 0 Å². The number of carbonyl (C=O) groups is 1. The van der Waals surface area contributed by atoms with Crippen molar-refractivity contribution in [2.45, 2.75) is 27.7 Å². The van der Waals surface area contributed by atoms with Gasteiger partial charge in [0.2, 0.25) is 5.95 Å². The second-order valence-corrected chi connectivity index (χ2v) is 2.52. The van der Waals surface area contributed by atoms with Crippen LogP contribution in [0.3, 0.4) is 0 Å². The largest absolute Gasteiger partial charge is 0.324 e. The van der Waals surface area contributed by atoms with Crippen molar-refractivity contribution in [2.24, 2.45) is 5.73 Å². The molecule has 0 saturated carbocycles. The maximum absolute atomic E-state index is 12.2. The Bertz CT molecular complexity index is 256. The smallest absolute Gasteiger partial charge is 0.215 e. The predicted octanol–water partition coefficient (Wildman–Crippen LogP) is 2.09. The molecule has 15 heavy (non-hydrogen) atoms. The molecule has 0 aromatic carbocycles. The summed E-state index contributed by atoms with van der Waals surface area (Å²) in [5.74, 6) is -0.350. The number of Topliss-reactive ketones (excluding diaryl/α,β-unsaturated/α-hetero) is 1. The van der Waals surface area contributed by atoms with Crippen molar-refractivity contribution < 1.29 is 9.18 Å². The number of aromatic nitrogens is 1. The van der Waals surface area contributed by atoms with Crippen molar-refractivity contribution in [3.05, 3.63) is 29.8 Å². The number of ketones is 1. The first-order valence-electron chi connectivity index (χ1n) is 4.84. The van der Waals surface area contributed by atoms with E-state index in [-0.39, 0.29) is 18.3 Å². The quantitative estimate of drug-likeness (QED) is 0.728. The van der Waals surface area contributed by atoms with Gasteiger partial charge in [0.25, 0.3) is 0 Å². The third-order valence-corrected chi connectivity index (χ3v) is 1.23. The first-order chi connectivity index (χ1) is 7.07. The molecule has 0 aliphatic rings. The van der Waals surface area contributed by atoms with Gasteiger partial charge in [0.1, 0.15) is 5.78 Å². The Kier molecular flexibility index (Phi) is 11.6. The Hall–Kier alpha value is -1.29. The zero-order valence-electron chi connectivity index (χ0n) is 9.75. The molecule has 0 bridgehead atoms. The van der Waals surface area contributed by atoms with Gasteiger partial charge in [-0.05, 0) is 19.9 Å². The molecule has 3 nitrogen and oxygen atoms in total. The van der Waals surface area contributed by atoms with Crippen LogP contribution in [0.4, 0.5) is 4.39 Å². The van der Waals surface area contributed by atoms with E-state index in [1.807, 2.05) is 13.8 Å². The fourth-order valence-corrected chi connectivity index (χ4v) is 0.466. The number of hydrogen-bond acceptors (Lipinski definition) is 3. The van der Waals surface area contributed by atoms with E-state index in [0.29, 0.717) is 5.56 Å². The lowest BCUT2D eigenvalue weighted by Crippen LogP contribution is -2.07. The van der Waals surface area contributed by atoms with Gasteiger partial charge in [0.15, 0.2) is 0 Å². The average molecular weight is 214 g/mol. The number of nitrogens with zero attached hydrogens (tertiary/aromatic N) is 1. The highest BCUT2D eigenvalue weighted by atomic mass is 19.1. The first-order valence-corrected chi connectivity index (χ1v) is 4.84. The Balaban J connectivity index is 0. The molecule has 0 aliphatic carbocycles. The Labute approximate surface area is 90.5 Å². The van der Waals surface area contributed by atoms with Crippen LogP contribution in [0.1, 0.15) is 26.3 Å². The summed E-state index contributed by atoms with van der Waals surface area (Å²) in [7, 11) is 0. The number of nitrogens with two attached hydrogens (primary N) is 1. The number of carbonyl (C=O) groups excluding carboxylic acids is 1. The van der Waals surface area contributed by atoms with Crippen LogP contribution in [0.2, 0.25) is 0 Å². The third kappa shape index (κ3) is 10.6. The molecule has 0 fully saturated rings. The van der Waals surface area contributed by atoms with Crippen LogP contribution in [0.25, 0.3) is 0 Å². The van der Waals surface area contributed by atoms with Gasteiger partial charge in [-0.3, -0.25) is 4.79 Å². The maximum atomic E-state index is 12.2. The molecule has 1 heterocycles. The van der Waals surface area contributed by atoms with E-state index in [0.717, 1.165) is 0 Å². The van der Waals surface area contributed by atoms with E-state index in [2.05, 4.69) is 4.98 Å². The Morgan fingerprint density at radius 2 is 2.00 bits per heavy atom. The monoisotopic (exact) mass is 214 g/mol. The molecule has 1 rings (SSSR count). The standard InChI is InChI=1S/C6H6FN.C3H7NO.C2H6/c1-5-3-2-4-8-6(5)7;1-3(5)2-4;1-2/h2-4H,1H3;2,4H2,1H3;1-2H3. The molecule has 1 aromatic heterocycles. The average Bonchev–Trinajstić information content (AvgIpc) is 2.26. The van der Waals surface area contributed by atoms with Crippen molar-refractivity contribution in [1.82, 2.24) is 4.98 Å². The summed E-state index contributed by atoms with van der Waals surface area (Å²) in [4.78, 5) is 13.1. The van der Waals surface area contributed by atoms with Crippen LogP contribution < -0.4 is 5.73 Å². The summed E-state index contributed by atoms with van der Waals surface area (Å²) < 4.78 is 12.2. The molecule has 0 saturated heterocycles. The normalized spacial score (nSPS) is 7.87. The summed E-state index contributed by atoms with van der Waals surface area (Å²) in [6.07, 6.45) is 1.43. The Morgan fingerprint density at radius 3 is 2.20 bits per heavy atom. The minimum atomic E-state index is -0.382. The molecule has 0 aliphatic heterocycles. The van der Waals surface area contributed by atoms with Gasteiger partial charge in [-0.2, -0.15) is 4.39 Å². The van der Waals surface area contributed by atoms with Gasteiger partial charge in [-0.1, -0.05) is 19.9 Å². The zero-order chi connectivity index (χ0) is 12.3. The molecular formula is C11H19FN2O. The SMILES string of the molecule is CC.CC(=O)CN.Cc1cccnc1F. The lowest BCUT2D eigenvalue weighted by molar-refractivity contribution is -0.115. The number of rotatable bonds is 1. The van der Waals surface area contributed by atoms with Crippen molar-refractivity contribution in [1.29, 1.82) is 0 Å². The first kappa shape index (κ1) is 16.2. The van der Waals surface area contributed by atoms with Crippen LogP contribution >= 0.6 is 0 Å². The van der Waals surface area contributed by atoms with Crippen LogP contribution in [-0.4, -0.2) is 17.3 Å². The fourth-order valence-electron chi connectivity index (χ4n) is 0.466. The van der Waals surface area contributed by atoms with Crippen molar-refractivity contribution in [3.63, 3.8) is 0 Å². The maximum Gasteiger partial charge on any atom is 0.215 e. The topological polar surface area (TPSA) is 56.0 Å². The number of pyridine rings is 1. The van der Waals surface area contributed by atoms with Crippen molar-refractivity contribution >= 4 is 5.78 Å². The van der Waals surface area contributed by atoms with Crippen LogP contribution in [-0.2, 0) is 4.79 Å². The predicted molar refractivity (Wildman–Crippen MR) is 60.0 cm³/mol. The minimum absolute atomic E-state index is 0.0324. The van der Waals surface area contributed by atoms with Crippen LogP contribution in [0, 0.1) is 12.9 Å². The van der Waals surface area contributed by atoms with Gasteiger partial charge in [-0.25, -0.2) is 4.98 Å². The molecule has 0 spiro atoms. The molecule has 4 heteroatoms. The molecule has 86 valence electrons. The van der Waals surface area contributed by atoms with Crippen molar-refractivity contribution in [3.8, 4) is 0 Å². The Morgan fingerprint density at radius 1 is 1.53 bits per heavy atom. The fraction of sp³-hybridized carbons (Fsp3) is 0.455. The van der Waals surface area contributed by atoms with Gasteiger partial charge >= 0.3 is 0 Å². The highest BCUT2D eigenvalue weighted by Gasteiger charge is 1.90. The minimum Gasteiger partial charge on any atom is -0.324 e. The second kappa shape index (κ2) is 10.8. The van der Waals surface area contributed by atoms with E-state index in [9.17, 15) is 9.18 Å². The van der Waals surface area contributed by atoms with Crippen molar-refractivity contribution in [2.75, 3.05) is 6.54 Å². The van der Waals surface area contributed by atoms with E-state index >= 15 is 0 Å².